The Morgan fingerprint density at radius 1 is 1.37 bits per heavy atom. The summed E-state index contributed by atoms with van der Waals surface area (Å²) in [7, 11) is 1.37. The number of nitrogens with zero attached hydrogens (tertiary/aromatic N) is 1. The van der Waals surface area contributed by atoms with Crippen LogP contribution in [0.2, 0.25) is 0 Å². The van der Waals surface area contributed by atoms with E-state index in [2.05, 4.69) is 11.9 Å². The van der Waals surface area contributed by atoms with Gasteiger partial charge in [-0.05, 0) is 12.1 Å². The van der Waals surface area contributed by atoms with Crippen molar-refractivity contribution < 1.29 is 13.5 Å². The topological polar surface area (TPSA) is 24.5 Å². The summed E-state index contributed by atoms with van der Waals surface area (Å²) in [6.45, 7) is 6.78. The smallest absolute Gasteiger partial charge is 0.173 e. The van der Waals surface area contributed by atoms with Crippen LogP contribution in [0.3, 0.4) is 0 Å². The first-order valence-corrected chi connectivity index (χ1v) is 6.28. The van der Waals surface area contributed by atoms with Gasteiger partial charge in [-0.25, -0.2) is 8.78 Å². The summed E-state index contributed by atoms with van der Waals surface area (Å²) in [5, 5.41) is 3.21. The molecule has 0 amide bonds. The van der Waals surface area contributed by atoms with Crippen molar-refractivity contribution in [3.8, 4) is 5.75 Å². The summed E-state index contributed by atoms with van der Waals surface area (Å²) >= 11 is 0. The number of benzene rings is 1. The van der Waals surface area contributed by atoms with E-state index in [0.717, 1.165) is 26.2 Å². The number of hydrogen-bond donors (Lipinski definition) is 1. The van der Waals surface area contributed by atoms with E-state index in [4.69, 9.17) is 4.74 Å². The van der Waals surface area contributed by atoms with Gasteiger partial charge >= 0.3 is 0 Å². The Kier molecular flexibility index (Phi) is 4.50. The minimum atomic E-state index is -0.647. The zero-order valence-electron chi connectivity index (χ0n) is 11.0. The van der Waals surface area contributed by atoms with Gasteiger partial charge in [-0.2, -0.15) is 0 Å². The lowest BCUT2D eigenvalue weighted by Crippen LogP contribution is -2.45. The minimum Gasteiger partial charge on any atom is -0.494 e. The monoisotopic (exact) mass is 268 g/mol. The molecule has 1 N–H and O–H groups in total. The molecular weight excluding hydrogens is 250 g/mol. The summed E-state index contributed by atoms with van der Waals surface area (Å²) in [6.07, 6.45) is 1.58. The quantitative estimate of drug-likeness (QED) is 0.846. The van der Waals surface area contributed by atoms with Crippen LogP contribution in [0.1, 0.15) is 11.6 Å². The first kappa shape index (κ1) is 14.0. The Morgan fingerprint density at radius 2 is 2.05 bits per heavy atom. The third kappa shape index (κ3) is 2.77. The van der Waals surface area contributed by atoms with Crippen LogP contribution in [0, 0.1) is 11.6 Å². The molecule has 1 fully saturated rings. The third-order valence-corrected chi connectivity index (χ3v) is 3.38. The molecule has 0 aliphatic carbocycles. The van der Waals surface area contributed by atoms with Crippen molar-refractivity contribution in [3.63, 3.8) is 0 Å². The van der Waals surface area contributed by atoms with Gasteiger partial charge in [-0.1, -0.05) is 6.08 Å². The van der Waals surface area contributed by atoms with E-state index < -0.39 is 17.7 Å². The minimum absolute atomic E-state index is 0.0104. The van der Waals surface area contributed by atoms with E-state index in [1.165, 1.54) is 19.2 Å². The molecule has 0 aromatic heterocycles. The number of methoxy groups -OCH3 is 1. The second-order valence-electron chi connectivity index (χ2n) is 4.44. The molecule has 1 heterocycles. The van der Waals surface area contributed by atoms with E-state index in [9.17, 15) is 8.78 Å². The molecule has 104 valence electrons. The molecule has 1 saturated heterocycles. The van der Waals surface area contributed by atoms with Crippen molar-refractivity contribution in [2.24, 2.45) is 0 Å². The van der Waals surface area contributed by atoms with E-state index in [0.29, 0.717) is 0 Å². The van der Waals surface area contributed by atoms with E-state index in [-0.39, 0.29) is 11.3 Å². The lowest BCUT2D eigenvalue weighted by atomic mass is 10.0. The maximum Gasteiger partial charge on any atom is 0.173 e. The normalized spacial score (nSPS) is 18.1. The summed E-state index contributed by atoms with van der Waals surface area (Å²) in [5.41, 5.74) is 0.0104. The molecule has 0 saturated carbocycles. The van der Waals surface area contributed by atoms with Crippen molar-refractivity contribution in [3.05, 3.63) is 42.0 Å². The molecule has 1 aliphatic heterocycles. The standard InChI is InChI=1S/C14H18F2N2O/c1-3-11(18-8-6-17-7-9-18)13-10(15)4-5-12(19-2)14(13)16/h3-5,11,17H,1,6-9H2,2H3/t11-/m1/s1. The second-order valence-corrected chi connectivity index (χ2v) is 4.44. The van der Waals surface area contributed by atoms with Crippen LogP contribution in [0.15, 0.2) is 24.8 Å². The third-order valence-electron chi connectivity index (χ3n) is 3.38. The van der Waals surface area contributed by atoms with E-state index in [1.54, 1.807) is 6.08 Å². The van der Waals surface area contributed by atoms with Crippen molar-refractivity contribution in [1.29, 1.82) is 0 Å². The number of piperazine rings is 1. The fraction of sp³-hybridized carbons (Fsp3) is 0.429. The summed E-state index contributed by atoms with van der Waals surface area (Å²) in [6, 6.07) is 2.05. The average molecular weight is 268 g/mol. The van der Waals surface area contributed by atoms with E-state index in [1.807, 2.05) is 4.90 Å². The Balaban J connectivity index is 2.39. The molecule has 0 bridgehead atoms. The first-order valence-electron chi connectivity index (χ1n) is 6.28. The van der Waals surface area contributed by atoms with Crippen LogP contribution in [0.4, 0.5) is 8.78 Å². The Hall–Kier alpha value is -1.46. The van der Waals surface area contributed by atoms with Gasteiger partial charge in [0.05, 0.1) is 13.2 Å². The van der Waals surface area contributed by atoms with E-state index >= 15 is 0 Å². The van der Waals surface area contributed by atoms with Gasteiger partial charge in [0.1, 0.15) is 5.82 Å². The summed E-state index contributed by atoms with van der Waals surface area (Å²) in [4.78, 5) is 2.00. The largest absolute Gasteiger partial charge is 0.494 e. The maximum atomic E-state index is 14.3. The zero-order valence-corrected chi connectivity index (χ0v) is 11.0. The highest BCUT2D eigenvalue weighted by atomic mass is 19.1. The fourth-order valence-corrected chi connectivity index (χ4v) is 2.39. The van der Waals surface area contributed by atoms with Crippen LogP contribution >= 0.6 is 0 Å². The van der Waals surface area contributed by atoms with Crippen molar-refractivity contribution >= 4 is 0 Å². The molecule has 1 aliphatic rings. The number of rotatable bonds is 4. The molecular formula is C14H18F2N2O. The number of halogens is 2. The molecule has 0 unspecified atom stereocenters. The van der Waals surface area contributed by atoms with Gasteiger partial charge in [0, 0.05) is 31.7 Å². The van der Waals surface area contributed by atoms with Gasteiger partial charge in [0.25, 0.3) is 0 Å². The number of ether oxygens (including phenoxy) is 1. The van der Waals surface area contributed by atoms with Gasteiger partial charge < -0.3 is 10.1 Å². The maximum absolute atomic E-state index is 14.3. The Morgan fingerprint density at radius 3 is 2.63 bits per heavy atom. The first-order chi connectivity index (χ1) is 9.19. The molecule has 0 radical (unpaired) electrons. The van der Waals surface area contributed by atoms with Crippen LogP contribution < -0.4 is 10.1 Å². The highest BCUT2D eigenvalue weighted by Crippen LogP contribution is 2.32. The van der Waals surface area contributed by atoms with Gasteiger partial charge in [-0.15, -0.1) is 6.58 Å². The summed E-state index contributed by atoms with van der Waals surface area (Å²) < 4.78 is 33.2. The average Bonchev–Trinajstić information content (AvgIpc) is 2.44. The van der Waals surface area contributed by atoms with Crippen LogP contribution in [-0.4, -0.2) is 38.2 Å². The molecule has 3 nitrogen and oxygen atoms in total. The lowest BCUT2D eigenvalue weighted by molar-refractivity contribution is 0.196. The summed E-state index contributed by atoms with van der Waals surface area (Å²) in [5.74, 6) is -1.16. The molecule has 1 aromatic carbocycles. The van der Waals surface area contributed by atoms with Gasteiger partial charge in [0.2, 0.25) is 0 Å². The molecule has 19 heavy (non-hydrogen) atoms. The highest BCUT2D eigenvalue weighted by molar-refractivity contribution is 5.36. The highest BCUT2D eigenvalue weighted by Gasteiger charge is 2.26. The van der Waals surface area contributed by atoms with Crippen molar-refractivity contribution in [1.82, 2.24) is 10.2 Å². The lowest BCUT2D eigenvalue weighted by Gasteiger charge is -2.33. The molecule has 5 heteroatoms. The molecule has 2 rings (SSSR count). The molecule has 1 aromatic rings. The van der Waals surface area contributed by atoms with Crippen molar-refractivity contribution in [2.45, 2.75) is 6.04 Å². The molecule has 0 spiro atoms. The SMILES string of the molecule is C=C[C@H](c1c(F)ccc(OC)c1F)N1CCNCC1. The van der Waals surface area contributed by atoms with Crippen molar-refractivity contribution in [2.75, 3.05) is 33.3 Å². The zero-order chi connectivity index (χ0) is 13.8. The number of hydrogen-bond acceptors (Lipinski definition) is 3. The Bertz CT molecular complexity index is 459. The van der Waals surface area contributed by atoms with Gasteiger partial charge in [0.15, 0.2) is 11.6 Å². The molecule has 1 atom stereocenters. The predicted molar refractivity (Wildman–Crippen MR) is 70.3 cm³/mol. The second kappa shape index (κ2) is 6.12. The van der Waals surface area contributed by atoms with Gasteiger partial charge in [-0.3, -0.25) is 4.90 Å². The van der Waals surface area contributed by atoms with Crippen LogP contribution in [0.5, 0.6) is 5.75 Å². The number of nitrogens with one attached hydrogen (secondary N) is 1. The Labute approximate surface area is 111 Å². The predicted octanol–water partition coefficient (Wildman–Crippen LogP) is 2.11. The van der Waals surface area contributed by atoms with Crippen LogP contribution in [0.25, 0.3) is 0 Å². The van der Waals surface area contributed by atoms with Crippen LogP contribution in [-0.2, 0) is 0 Å². The fourth-order valence-electron chi connectivity index (χ4n) is 2.39.